The number of pyridine rings is 1. The van der Waals surface area contributed by atoms with Crippen LogP contribution in [0.1, 0.15) is 21.5 Å². The second kappa shape index (κ2) is 9.68. The van der Waals surface area contributed by atoms with E-state index in [-0.39, 0.29) is 5.91 Å². The minimum Gasteiger partial charge on any atom is -0.431 e. The fraction of sp³-hybridized carbons (Fsp3) is 0.269. The zero-order chi connectivity index (χ0) is 22.6. The lowest BCUT2D eigenvalue weighted by atomic mass is 10.1. The van der Waals surface area contributed by atoms with Gasteiger partial charge in [-0.1, -0.05) is 35.6 Å². The summed E-state index contributed by atoms with van der Waals surface area (Å²) < 4.78 is 7.14. The molecule has 1 aliphatic heterocycles. The molecule has 0 spiro atoms. The second-order valence-electron chi connectivity index (χ2n) is 8.27. The van der Waals surface area contributed by atoms with Gasteiger partial charge in [-0.3, -0.25) is 14.7 Å². The van der Waals surface area contributed by atoms with Crippen molar-refractivity contribution in [2.75, 3.05) is 32.7 Å². The van der Waals surface area contributed by atoms with Gasteiger partial charge < -0.3 is 9.64 Å². The largest absolute Gasteiger partial charge is 0.431 e. The third-order valence-electron chi connectivity index (χ3n) is 6.03. The highest BCUT2D eigenvalue weighted by atomic mass is 32.1. The molecule has 1 saturated heterocycles. The van der Waals surface area contributed by atoms with Gasteiger partial charge in [-0.05, 0) is 54.8 Å². The maximum atomic E-state index is 12.6. The summed E-state index contributed by atoms with van der Waals surface area (Å²) in [6.45, 7) is 6.36. The molecule has 2 aromatic heterocycles. The number of rotatable bonds is 6. The Balaban J connectivity index is 1.11. The van der Waals surface area contributed by atoms with Crippen LogP contribution in [0.2, 0.25) is 0 Å². The molecule has 0 unspecified atom stereocenters. The number of amides is 1. The highest BCUT2D eigenvalue weighted by Gasteiger charge is 2.21. The number of hydrogen-bond donors (Lipinski definition) is 0. The summed E-state index contributed by atoms with van der Waals surface area (Å²) in [7, 11) is 0. The Morgan fingerprint density at radius 2 is 1.76 bits per heavy atom. The van der Waals surface area contributed by atoms with Gasteiger partial charge in [-0.25, -0.2) is 4.98 Å². The summed E-state index contributed by atoms with van der Waals surface area (Å²) in [4.78, 5) is 25.5. The third-order valence-corrected chi connectivity index (χ3v) is 6.93. The Labute approximate surface area is 197 Å². The topological polar surface area (TPSA) is 58.6 Å². The zero-order valence-electron chi connectivity index (χ0n) is 18.6. The number of nitrogens with zero attached hydrogens (tertiary/aromatic N) is 4. The van der Waals surface area contributed by atoms with Crippen molar-refractivity contribution >= 4 is 27.5 Å². The van der Waals surface area contributed by atoms with Crippen LogP contribution in [0.15, 0.2) is 67.0 Å². The van der Waals surface area contributed by atoms with Gasteiger partial charge in [0.25, 0.3) is 11.1 Å². The van der Waals surface area contributed by atoms with Crippen LogP contribution in [0.5, 0.6) is 10.9 Å². The first-order valence-corrected chi connectivity index (χ1v) is 12.0. The quantitative estimate of drug-likeness (QED) is 0.416. The first-order chi connectivity index (χ1) is 16.2. The Kier molecular flexibility index (Phi) is 6.32. The summed E-state index contributed by atoms with van der Waals surface area (Å²) in [6.07, 6.45) is 4.30. The van der Waals surface area contributed by atoms with Crippen LogP contribution in [0.25, 0.3) is 10.2 Å². The fourth-order valence-corrected chi connectivity index (χ4v) is 4.99. The monoisotopic (exact) mass is 458 g/mol. The molecule has 5 rings (SSSR count). The molecule has 6 nitrogen and oxygen atoms in total. The van der Waals surface area contributed by atoms with Gasteiger partial charge in [0.1, 0.15) is 5.75 Å². The Hall–Kier alpha value is -3.29. The van der Waals surface area contributed by atoms with Gasteiger partial charge >= 0.3 is 0 Å². The highest BCUT2D eigenvalue weighted by Crippen LogP contribution is 2.32. The number of benzene rings is 2. The molecule has 0 N–H and O–H groups in total. The van der Waals surface area contributed by atoms with Crippen molar-refractivity contribution in [3.8, 4) is 10.9 Å². The summed E-state index contributed by atoms with van der Waals surface area (Å²) in [5.41, 5.74) is 4.16. The first-order valence-electron chi connectivity index (χ1n) is 11.2. The van der Waals surface area contributed by atoms with Crippen LogP contribution in [-0.4, -0.2) is 58.4 Å². The number of ether oxygens (including phenoxy) is 1. The standard InChI is InChI=1S/C26H26N4O2S/c1-19-3-2-4-23-24(19)28-26(33-23)32-22-7-5-20(6-8-22)11-14-29-15-17-30(18-16-29)25(31)21-9-12-27-13-10-21/h2-10,12-13H,11,14-18H2,1H3. The summed E-state index contributed by atoms with van der Waals surface area (Å²) in [6, 6.07) is 18.0. The van der Waals surface area contributed by atoms with E-state index in [9.17, 15) is 4.79 Å². The third kappa shape index (κ3) is 5.05. The van der Waals surface area contributed by atoms with E-state index in [2.05, 4.69) is 46.1 Å². The van der Waals surface area contributed by atoms with Crippen LogP contribution in [0, 0.1) is 6.92 Å². The maximum Gasteiger partial charge on any atom is 0.279 e. The number of thiazole rings is 1. The molecular weight excluding hydrogens is 432 g/mol. The summed E-state index contributed by atoms with van der Waals surface area (Å²) >= 11 is 1.57. The molecule has 0 aliphatic carbocycles. The van der Waals surface area contributed by atoms with Crippen molar-refractivity contribution < 1.29 is 9.53 Å². The second-order valence-corrected chi connectivity index (χ2v) is 9.26. The molecule has 1 fully saturated rings. The molecule has 2 aromatic carbocycles. The number of hydrogen-bond acceptors (Lipinski definition) is 6. The van der Waals surface area contributed by atoms with E-state index in [1.807, 2.05) is 23.1 Å². The van der Waals surface area contributed by atoms with Crippen molar-refractivity contribution in [2.45, 2.75) is 13.3 Å². The predicted octanol–water partition coefficient (Wildman–Crippen LogP) is 4.79. The molecule has 4 aromatic rings. The number of carbonyl (C=O) groups is 1. The summed E-state index contributed by atoms with van der Waals surface area (Å²) in [5.74, 6) is 0.898. The number of aryl methyl sites for hydroxylation is 1. The lowest BCUT2D eigenvalue weighted by Gasteiger charge is -2.34. The van der Waals surface area contributed by atoms with Crippen LogP contribution in [0.4, 0.5) is 0 Å². The minimum absolute atomic E-state index is 0.0935. The van der Waals surface area contributed by atoms with Crippen molar-refractivity contribution in [1.82, 2.24) is 19.8 Å². The normalized spacial score (nSPS) is 14.5. The Morgan fingerprint density at radius 1 is 1.00 bits per heavy atom. The first kappa shape index (κ1) is 21.6. The molecule has 7 heteroatoms. The van der Waals surface area contributed by atoms with Crippen LogP contribution in [0.3, 0.4) is 0 Å². The van der Waals surface area contributed by atoms with Gasteiger partial charge in [-0.2, -0.15) is 0 Å². The molecule has 0 atom stereocenters. The molecule has 3 heterocycles. The molecule has 168 valence electrons. The number of aromatic nitrogens is 2. The smallest absolute Gasteiger partial charge is 0.279 e. The molecule has 0 radical (unpaired) electrons. The van der Waals surface area contributed by atoms with E-state index in [1.54, 1.807) is 35.9 Å². The van der Waals surface area contributed by atoms with Crippen LogP contribution < -0.4 is 4.74 Å². The van der Waals surface area contributed by atoms with E-state index in [1.165, 1.54) is 5.56 Å². The van der Waals surface area contributed by atoms with Crippen LogP contribution >= 0.6 is 11.3 Å². The van der Waals surface area contributed by atoms with E-state index < -0.39 is 0 Å². The highest BCUT2D eigenvalue weighted by molar-refractivity contribution is 7.20. The summed E-state index contributed by atoms with van der Waals surface area (Å²) in [5, 5.41) is 0.672. The van der Waals surface area contributed by atoms with Gasteiger partial charge in [0.2, 0.25) is 0 Å². The fourth-order valence-electron chi connectivity index (χ4n) is 4.07. The van der Waals surface area contributed by atoms with E-state index in [0.717, 1.165) is 60.7 Å². The molecular formula is C26H26N4O2S. The SMILES string of the molecule is Cc1cccc2sc(Oc3ccc(CCN4CCN(C(=O)c5ccncc5)CC4)cc3)nc12. The molecule has 1 amide bonds. The molecule has 33 heavy (non-hydrogen) atoms. The van der Waals surface area contributed by atoms with Crippen molar-refractivity contribution in [1.29, 1.82) is 0 Å². The van der Waals surface area contributed by atoms with Gasteiger partial charge in [0.05, 0.1) is 10.2 Å². The average molecular weight is 459 g/mol. The van der Waals surface area contributed by atoms with Crippen LogP contribution in [-0.2, 0) is 6.42 Å². The van der Waals surface area contributed by atoms with Crippen molar-refractivity contribution in [3.63, 3.8) is 0 Å². The van der Waals surface area contributed by atoms with E-state index in [4.69, 9.17) is 4.74 Å². The lowest BCUT2D eigenvalue weighted by molar-refractivity contribution is 0.0638. The minimum atomic E-state index is 0.0935. The number of piperazine rings is 1. The van der Waals surface area contributed by atoms with Gasteiger partial charge in [0, 0.05) is 50.7 Å². The van der Waals surface area contributed by atoms with Gasteiger partial charge in [0.15, 0.2) is 0 Å². The Morgan fingerprint density at radius 3 is 2.48 bits per heavy atom. The number of carbonyl (C=O) groups excluding carboxylic acids is 1. The van der Waals surface area contributed by atoms with Crippen molar-refractivity contribution in [2.24, 2.45) is 0 Å². The Bertz CT molecular complexity index is 1230. The molecule has 1 aliphatic rings. The maximum absolute atomic E-state index is 12.6. The zero-order valence-corrected chi connectivity index (χ0v) is 19.4. The van der Waals surface area contributed by atoms with Gasteiger partial charge in [-0.15, -0.1) is 0 Å². The molecule has 0 bridgehead atoms. The van der Waals surface area contributed by atoms with E-state index >= 15 is 0 Å². The van der Waals surface area contributed by atoms with Crippen molar-refractivity contribution in [3.05, 3.63) is 83.7 Å². The number of para-hydroxylation sites is 1. The van der Waals surface area contributed by atoms with E-state index in [0.29, 0.717) is 10.8 Å². The lowest BCUT2D eigenvalue weighted by Crippen LogP contribution is -2.49. The predicted molar refractivity (Wildman–Crippen MR) is 131 cm³/mol. The molecule has 0 saturated carbocycles. The average Bonchev–Trinajstić information content (AvgIpc) is 3.28. The number of fused-ring (bicyclic) bond motifs is 1.